The lowest BCUT2D eigenvalue weighted by Crippen LogP contribution is -2.38. The Bertz CT molecular complexity index is 197. The van der Waals surface area contributed by atoms with E-state index in [1.165, 1.54) is 30.6 Å². The summed E-state index contributed by atoms with van der Waals surface area (Å²) in [6.45, 7) is 0. The van der Waals surface area contributed by atoms with Crippen LogP contribution in [0.1, 0.15) is 12.8 Å². The first-order valence-electron chi connectivity index (χ1n) is 4.85. The Morgan fingerprint density at radius 3 is 2.14 bits per heavy atom. The second kappa shape index (κ2) is 5.41. The predicted molar refractivity (Wildman–Crippen MR) is 71.6 cm³/mol. The fourth-order valence-corrected chi connectivity index (χ4v) is 8.59. The zero-order chi connectivity index (χ0) is 9.86. The molecule has 2 fully saturated rings. The highest BCUT2D eigenvalue weighted by atomic mass is 32.2. The van der Waals surface area contributed by atoms with Crippen LogP contribution in [0.3, 0.4) is 0 Å². The van der Waals surface area contributed by atoms with Crippen LogP contribution >= 0.6 is 47.0 Å². The smallest absolute Gasteiger partial charge is 0.148 e. The summed E-state index contributed by atoms with van der Waals surface area (Å²) in [4.78, 5) is 11.3. The van der Waals surface area contributed by atoms with Gasteiger partial charge in [0.05, 0.1) is 4.58 Å². The van der Waals surface area contributed by atoms with Gasteiger partial charge in [-0.15, -0.1) is 47.0 Å². The minimum Gasteiger partial charge on any atom is -0.301 e. The van der Waals surface area contributed by atoms with Gasteiger partial charge in [0.2, 0.25) is 0 Å². The minimum atomic E-state index is -0.131. The van der Waals surface area contributed by atoms with E-state index < -0.39 is 0 Å². The highest BCUT2D eigenvalue weighted by Crippen LogP contribution is 2.52. The van der Waals surface area contributed by atoms with Gasteiger partial charge in [0, 0.05) is 0 Å². The fourth-order valence-electron chi connectivity index (χ4n) is 1.54. The fraction of sp³-hybridized carbons (Fsp3) is 0.889. The van der Waals surface area contributed by atoms with Crippen LogP contribution in [0.15, 0.2) is 0 Å². The Morgan fingerprint density at radius 2 is 1.57 bits per heavy atom. The van der Waals surface area contributed by atoms with Crippen molar-refractivity contribution >= 4 is 53.3 Å². The molecule has 14 heavy (non-hydrogen) atoms. The number of carbonyl (C=O) groups is 1. The lowest BCUT2D eigenvalue weighted by Gasteiger charge is -2.38. The lowest BCUT2D eigenvalue weighted by molar-refractivity contribution is -0.107. The van der Waals surface area contributed by atoms with Crippen molar-refractivity contribution in [2.24, 2.45) is 0 Å². The van der Waals surface area contributed by atoms with Gasteiger partial charge in [-0.1, -0.05) is 0 Å². The minimum absolute atomic E-state index is 0.131. The third-order valence-corrected chi connectivity index (χ3v) is 9.33. The third kappa shape index (κ3) is 2.42. The molecule has 0 N–H and O–H groups in total. The summed E-state index contributed by atoms with van der Waals surface area (Å²) < 4.78 is 0.359. The van der Waals surface area contributed by atoms with E-state index in [0.29, 0.717) is 4.58 Å². The van der Waals surface area contributed by atoms with E-state index in [2.05, 4.69) is 0 Å². The molecule has 2 saturated heterocycles. The van der Waals surface area contributed by atoms with Crippen LogP contribution in [-0.2, 0) is 4.79 Å². The topological polar surface area (TPSA) is 17.1 Å². The Kier molecular flexibility index (Phi) is 4.47. The number of rotatable bonds is 2. The van der Waals surface area contributed by atoms with Gasteiger partial charge in [-0.05, 0) is 35.9 Å². The molecule has 2 aliphatic rings. The predicted octanol–water partition coefficient (Wildman–Crippen LogP) is 2.95. The molecule has 2 heterocycles. The molecule has 2 aliphatic heterocycles. The highest BCUT2D eigenvalue weighted by Gasteiger charge is 2.43. The van der Waals surface area contributed by atoms with E-state index >= 15 is 0 Å². The van der Waals surface area contributed by atoms with Crippen molar-refractivity contribution in [3.8, 4) is 0 Å². The van der Waals surface area contributed by atoms with Crippen LogP contribution in [-0.4, -0.2) is 38.0 Å². The van der Waals surface area contributed by atoms with E-state index in [1.54, 1.807) is 0 Å². The maximum Gasteiger partial charge on any atom is 0.148 e. The Hall–Kier alpha value is 1.07. The van der Waals surface area contributed by atoms with Gasteiger partial charge in [0.15, 0.2) is 0 Å². The maximum atomic E-state index is 11.3. The standard InChI is InChI=1S/C9H14OS4/c10-7-9(13-5-2-6-14-9)8-11-3-1-4-12-8/h7-8H,1-6H2. The third-order valence-electron chi connectivity index (χ3n) is 2.26. The number of carbonyl (C=O) groups excluding carboxylic acids is 1. The molecule has 0 amide bonds. The van der Waals surface area contributed by atoms with E-state index in [4.69, 9.17) is 0 Å². The molecule has 0 aromatic rings. The Labute approximate surface area is 102 Å². The summed E-state index contributed by atoms with van der Waals surface area (Å²) in [5, 5.41) is 0. The summed E-state index contributed by atoms with van der Waals surface area (Å²) in [5.74, 6) is 4.77. The molecule has 0 aromatic heterocycles. The van der Waals surface area contributed by atoms with Crippen molar-refractivity contribution in [3.63, 3.8) is 0 Å². The maximum absolute atomic E-state index is 11.3. The van der Waals surface area contributed by atoms with Gasteiger partial charge in [0.1, 0.15) is 10.4 Å². The number of hydrogen-bond acceptors (Lipinski definition) is 5. The van der Waals surface area contributed by atoms with Gasteiger partial charge in [-0.3, -0.25) is 0 Å². The van der Waals surface area contributed by atoms with E-state index in [9.17, 15) is 4.79 Å². The summed E-state index contributed by atoms with van der Waals surface area (Å²) in [6, 6.07) is 0. The van der Waals surface area contributed by atoms with Crippen LogP contribution in [0.2, 0.25) is 0 Å². The van der Waals surface area contributed by atoms with Crippen molar-refractivity contribution in [1.82, 2.24) is 0 Å². The molecule has 0 aromatic carbocycles. The van der Waals surface area contributed by atoms with Crippen LogP contribution in [0.4, 0.5) is 0 Å². The lowest BCUT2D eigenvalue weighted by atomic mass is 10.5. The van der Waals surface area contributed by atoms with Gasteiger partial charge < -0.3 is 4.79 Å². The molecule has 0 saturated carbocycles. The summed E-state index contributed by atoms with van der Waals surface area (Å²) in [6.07, 6.45) is 3.76. The average Bonchev–Trinajstić information content (AvgIpc) is 2.31. The molecular weight excluding hydrogens is 252 g/mol. The Morgan fingerprint density at radius 1 is 1.00 bits per heavy atom. The molecule has 0 unspecified atom stereocenters. The van der Waals surface area contributed by atoms with E-state index in [1.807, 2.05) is 47.0 Å². The summed E-state index contributed by atoms with van der Waals surface area (Å²) in [7, 11) is 0. The van der Waals surface area contributed by atoms with E-state index in [0.717, 1.165) is 11.5 Å². The highest BCUT2D eigenvalue weighted by molar-refractivity contribution is 8.25. The molecule has 1 nitrogen and oxygen atoms in total. The molecular formula is C9H14OS4. The second-order valence-corrected chi connectivity index (χ2v) is 9.04. The largest absolute Gasteiger partial charge is 0.301 e. The van der Waals surface area contributed by atoms with Crippen LogP contribution < -0.4 is 0 Å². The van der Waals surface area contributed by atoms with Gasteiger partial charge in [-0.25, -0.2) is 0 Å². The number of aldehydes is 1. The first-order chi connectivity index (χ1) is 6.87. The van der Waals surface area contributed by atoms with Crippen molar-refractivity contribution in [2.75, 3.05) is 23.0 Å². The van der Waals surface area contributed by atoms with Crippen molar-refractivity contribution < 1.29 is 4.79 Å². The van der Waals surface area contributed by atoms with Crippen LogP contribution in [0.25, 0.3) is 0 Å². The molecule has 0 bridgehead atoms. The van der Waals surface area contributed by atoms with Crippen LogP contribution in [0, 0.1) is 0 Å². The summed E-state index contributed by atoms with van der Waals surface area (Å²) in [5.41, 5.74) is 0. The van der Waals surface area contributed by atoms with Gasteiger partial charge in [0.25, 0.3) is 0 Å². The monoisotopic (exact) mass is 266 g/mol. The Balaban J connectivity index is 2.04. The van der Waals surface area contributed by atoms with Gasteiger partial charge >= 0.3 is 0 Å². The quantitative estimate of drug-likeness (QED) is 0.713. The van der Waals surface area contributed by atoms with Crippen molar-refractivity contribution in [3.05, 3.63) is 0 Å². The molecule has 80 valence electrons. The molecule has 2 rings (SSSR count). The molecule has 0 aliphatic carbocycles. The second-order valence-electron chi connectivity index (χ2n) is 3.32. The molecule has 5 heteroatoms. The van der Waals surface area contributed by atoms with E-state index in [-0.39, 0.29) is 4.08 Å². The molecule has 0 radical (unpaired) electrons. The molecule has 0 spiro atoms. The summed E-state index contributed by atoms with van der Waals surface area (Å²) >= 11 is 7.71. The average molecular weight is 266 g/mol. The first-order valence-corrected chi connectivity index (χ1v) is 8.92. The first kappa shape index (κ1) is 11.6. The van der Waals surface area contributed by atoms with Crippen molar-refractivity contribution in [1.29, 1.82) is 0 Å². The number of hydrogen-bond donors (Lipinski definition) is 0. The molecule has 0 atom stereocenters. The van der Waals surface area contributed by atoms with Gasteiger partial charge in [-0.2, -0.15) is 0 Å². The van der Waals surface area contributed by atoms with Crippen molar-refractivity contribution in [2.45, 2.75) is 21.5 Å². The normalized spacial score (nSPS) is 28.6. The van der Waals surface area contributed by atoms with Crippen LogP contribution in [0.5, 0.6) is 0 Å². The zero-order valence-electron chi connectivity index (χ0n) is 7.94. The zero-order valence-corrected chi connectivity index (χ0v) is 11.2. The number of thioether (sulfide) groups is 4. The SMILES string of the molecule is O=CC1(C2SCCCS2)SCCCS1.